The van der Waals surface area contributed by atoms with Crippen molar-refractivity contribution in [3.8, 4) is 0 Å². The van der Waals surface area contributed by atoms with Gasteiger partial charge in [0.1, 0.15) is 0 Å². The summed E-state index contributed by atoms with van der Waals surface area (Å²) >= 11 is 7.50. The highest BCUT2D eigenvalue weighted by molar-refractivity contribution is 7.16. The van der Waals surface area contributed by atoms with Crippen LogP contribution in [0.3, 0.4) is 0 Å². The highest BCUT2D eigenvalue weighted by Gasteiger charge is 2.37. The maximum Gasteiger partial charge on any atom is 0.227 e. The molecule has 23 heavy (non-hydrogen) atoms. The van der Waals surface area contributed by atoms with Crippen LogP contribution in [0.25, 0.3) is 0 Å². The largest absolute Gasteiger partial charge is 0.342 e. The fraction of sp³-hybridized carbons (Fsp3) is 0.647. The fourth-order valence-electron chi connectivity index (χ4n) is 3.20. The van der Waals surface area contributed by atoms with Crippen LogP contribution >= 0.6 is 22.9 Å². The minimum Gasteiger partial charge on any atom is -0.342 e. The molecular weight excluding hydrogens is 332 g/mol. The van der Waals surface area contributed by atoms with Crippen LogP contribution in [-0.4, -0.2) is 41.2 Å². The smallest absolute Gasteiger partial charge is 0.227 e. The second-order valence-electron chi connectivity index (χ2n) is 6.46. The molecule has 2 fully saturated rings. The summed E-state index contributed by atoms with van der Waals surface area (Å²) < 4.78 is 0.752. The molecule has 0 N–H and O–H groups in total. The van der Waals surface area contributed by atoms with Gasteiger partial charge < -0.3 is 9.80 Å². The maximum absolute atomic E-state index is 12.9. The number of hydrogen-bond donors (Lipinski definition) is 0. The third kappa shape index (κ3) is 4.07. The van der Waals surface area contributed by atoms with Crippen LogP contribution in [0.2, 0.25) is 4.34 Å². The number of hydrogen-bond acceptors (Lipinski definition) is 3. The van der Waals surface area contributed by atoms with Gasteiger partial charge in [0.25, 0.3) is 0 Å². The number of thiophene rings is 1. The molecule has 0 bridgehead atoms. The molecular formula is C17H23ClN2O2S. The minimum atomic E-state index is -0.0539. The molecule has 1 unspecified atom stereocenters. The van der Waals surface area contributed by atoms with E-state index in [0.29, 0.717) is 19.6 Å². The average Bonchev–Trinajstić information content (AvgIpc) is 3.34. The predicted octanol–water partition coefficient (Wildman–Crippen LogP) is 3.40. The van der Waals surface area contributed by atoms with Crippen LogP contribution in [0.4, 0.5) is 0 Å². The highest BCUT2D eigenvalue weighted by Crippen LogP contribution is 2.33. The number of likely N-dealkylation sites (tertiary alicyclic amines) is 1. The molecule has 1 aromatic rings. The zero-order chi connectivity index (χ0) is 16.4. The lowest BCUT2D eigenvalue weighted by molar-refractivity contribution is -0.141. The lowest BCUT2D eigenvalue weighted by Gasteiger charge is -2.34. The summed E-state index contributed by atoms with van der Waals surface area (Å²) in [5.41, 5.74) is 0. The second kappa shape index (κ2) is 7.22. The van der Waals surface area contributed by atoms with Gasteiger partial charge in [0.15, 0.2) is 0 Å². The van der Waals surface area contributed by atoms with Crippen LogP contribution in [0.5, 0.6) is 0 Å². The van der Waals surface area contributed by atoms with E-state index in [2.05, 4.69) is 0 Å². The molecule has 2 amide bonds. The highest BCUT2D eigenvalue weighted by atomic mass is 35.5. The molecule has 1 atom stereocenters. The SMILES string of the molecule is CCN(Cc1ccc(Cl)s1)C(=O)C1CCCN(C(=O)C2CC2)C1. The van der Waals surface area contributed by atoms with E-state index >= 15 is 0 Å². The molecule has 126 valence electrons. The number of halogens is 1. The van der Waals surface area contributed by atoms with Crippen LogP contribution < -0.4 is 0 Å². The molecule has 0 spiro atoms. The molecule has 1 saturated carbocycles. The Bertz CT molecular complexity index is 585. The number of amides is 2. The Labute approximate surface area is 146 Å². The summed E-state index contributed by atoms with van der Waals surface area (Å²) in [6, 6.07) is 3.85. The summed E-state index contributed by atoms with van der Waals surface area (Å²) in [5.74, 6) is 0.613. The lowest BCUT2D eigenvalue weighted by Crippen LogP contribution is -2.47. The monoisotopic (exact) mass is 354 g/mol. The Morgan fingerprint density at radius 3 is 2.70 bits per heavy atom. The number of carbonyl (C=O) groups excluding carboxylic acids is 2. The zero-order valence-corrected chi connectivity index (χ0v) is 15.0. The van der Waals surface area contributed by atoms with Gasteiger partial charge in [-0.05, 0) is 44.7 Å². The van der Waals surface area contributed by atoms with Gasteiger partial charge in [0.2, 0.25) is 11.8 Å². The minimum absolute atomic E-state index is 0.0539. The Morgan fingerprint density at radius 2 is 2.09 bits per heavy atom. The lowest BCUT2D eigenvalue weighted by atomic mass is 9.96. The van der Waals surface area contributed by atoms with Crippen molar-refractivity contribution in [3.05, 3.63) is 21.3 Å². The third-order valence-corrected chi connectivity index (χ3v) is 5.89. The molecule has 1 aliphatic heterocycles. The zero-order valence-electron chi connectivity index (χ0n) is 13.5. The van der Waals surface area contributed by atoms with Crippen LogP contribution in [-0.2, 0) is 16.1 Å². The van der Waals surface area contributed by atoms with E-state index in [-0.39, 0.29) is 23.7 Å². The fourth-order valence-corrected chi connectivity index (χ4v) is 4.30. The van der Waals surface area contributed by atoms with Gasteiger partial charge in [-0.15, -0.1) is 11.3 Å². The van der Waals surface area contributed by atoms with Gasteiger partial charge >= 0.3 is 0 Å². The van der Waals surface area contributed by atoms with Gasteiger partial charge in [-0.1, -0.05) is 11.6 Å². The van der Waals surface area contributed by atoms with E-state index in [0.717, 1.165) is 41.4 Å². The standard InChI is InChI=1S/C17H23ClN2O2S/c1-2-19(11-14-7-8-15(18)23-14)17(22)13-4-3-9-20(10-13)16(21)12-5-6-12/h7-8,12-13H,2-6,9-11H2,1H3. The van der Waals surface area contributed by atoms with Crippen molar-refractivity contribution in [2.75, 3.05) is 19.6 Å². The predicted molar refractivity (Wildman–Crippen MR) is 92.4 cm³/mol. The van der Waals surface area contributed by atoms with E-state index in [4.69, 9.17) is 11.6 Å². The van der Waals surface area contributed by atoms with E-state index in [1.54, 1.807) is 0 Å². The number of rotatable bonds is 5. The first-order valence-electron chi connectivity index (χ1n) is 8.40. The van der Waals surface area contributed by atoms with Crippen molar-refractivity contribution >= 4 is 34.8 Å². The average molecular weight is 355 g/mol. The number of piperidine rings is 1. The van der Waals surface area contributed by atoms with Crippen molar-refractivity contribution in [2.24, 2.45) is 11.8 Å². The summed E-state index contributed by atoms with van der Waals surface area (Å²) in [4.78, 5) is 30.0. The molecule has 1 saturated heterocycles. The molecule has 0 radical (unpaired) electrons. The molecule has 4 nitrogen and oxygen atoms in total. The molecule has 1 aromatic heterocycles. The van der Waals surface area contributed by atoms with Gasteiger partial charge in [0, 0.05) is 30.4 Å². The van der Waals surface area contributed by atoms with Crippen molar-refractivity contribution in [1.29, 1.82) is 0 Å². The molecule has 0 aromatic carbocycles. The van der Waals surface area contributed by atoms with Crippen LogP contribution in [0, 0.1) is 11.8 Å². The van der Waals surface area contributed by atoms with Crippen molar-refractivity contribution < 1.29 is 9.59 Å². The quantitative estimate of drug-likeness (QED) is 0.813. The molecule has 2 aliphatic rings. The van der Waals surface area contributed by atoms with Gasteiger partial charge in [-0.2, -0.15) is 0 Å². The topological polar surface area (TPSA) is 40.6 Å². The van der Waals surface area contributed by atoms with E-state index in [1.807, 2.05) is 28.9 Å². The van der Waals surface area contributed by atoms with Gasteiger partial charge in [0.05, 0.1) is 16.8 Å². The summed E-state index contributed by atoms with van der Waals surface area (Å²) in [6.07, 6.45) is 3.86. The Balaban J connectivity index is 1.61. The Kier molecular flexibility index (Phi) is 5.27. The van der Waals surface area contributed by atoms with Crippen LogP contribution in [0.15, 0.2) is 12.1 Å². The van der Waals surface area contributed by atoms with Crippen molar-refractivity contribution in [2.45, 2.75) is 39.2 Å². The van der Waals surface area contributed by atoms with E-state index in [9.17, 15) is 9.59 Å². The Morgan fingerprint density at radius 1 is 1.30 bits per heavy atom. The normalized spacial score (nSPS) is 21.3. The van der Waals surface area contributed by atoms with Crippen molar-refractivity contribution in [1.82, 2.24) is 9.80 Å². The first-order chi connectivity index (χ1) is 11.1. The molecule has 6 heteroatoms. The van der Waals surface area contributed by atoms with Crippen LogP contribution in [0.1, 0.15) is 37.5 Å². The summed E-state index contributed by atoms with van der Waals surface area (Å²) in [6.45, 7) is 4.70. The first-order valence-corrected chi connectivity index (χ1v) is 9.59. The number of carbonyl (C=O) groups is 2. The summed E-state index contributed by atoms with van der Waals surface area (Å²) in [7, 11) is 0. The van der Waals surface area contributed by atoms with Crippen molar-refractivity contribution in [3.63, 3.8) is 0 Å². The molecule has 2 heterocycles. The summed E-state index contributed by atoms with van der Waals surface area (Å²) in [5, 5.41) is 0. The van der Waals surface area contributed by atoms with Gasteiger partial charge in [-0.25, -0.2) is 0 Å². The van der Waals surface area contributed by atoms with Gasteiger partial charge in [-0.3, -0.25) is 9.59 Å². The third-order valence-electron chi connectivity index (χ3n) is 4.68. The second-order valence-corrected chi connectivity index (χ2v) is 8.26. The molecule has 3 rings (SSSR count). The molecule has 1 aliphatic carbocycles. The Hall–Kier alpha value is -1.07. The number of nitrogens with zero attached hydrogens (tertiary/aromatic N) is 2. The first kappa shape index (κ1) is 16.8. The maximum atomic E-state index is 12.9. The van der Waals surface area contributed by atoms with E-state index in [1.165, 1.54) is 11.3 Å². The van der Waals surface area contributed by atoms with E-state index < -0.39 is 0 Å².